The van der Waals surface area contributed by atoms with Crippen LogP contribution >= 0.6 is 11.3 Å². The molecule has 1 aliphatic heterocycles. The fraction of sp³-hybridized carbons (Fsp3) is 0.250. The Bertz CT molecular complexity index is 1050. The van der Waals surface area contributed by atoms with Crippen LogP contribution in [0, 0.1) is 6.57 Å². The average molecular weight is 379 g/mol. The summed E-state index contributed by atoms with van der Waals surface area (Å²) < 4.78 is 5.36. The highest BCUT2D eigenvalue weighted by Crippen LogP contribution is 2.30. The van der Waals surface area contributed by atoms with Crippen molar-refractivity contribution >= 4 is 38.9 Å². The van der Waals surface area contributed by atoms with Crippen LogP contribution in [0.5, 0.6) is 0 Å². The van der Waals surface area contributed by atoms with Gasteiger partial charge in [0.15, 0.2) is 10.8 Å². The lowest BCUT2D eigenvalue weighted by Gasteiger charge is -2.26. The number of hydrogen-bond acceptors (Lipinski definition) is 5. The molecule has 7 heteroatoms. The maximum Gasteiger partial charge on any atom is 0.347 e. The van der Waals surface area contributed by atoms with Crippen LogP contribution in [0.25, 0.3) is 15.6 Å². The highest BCUT2D eigenvalue weighted by atomic mass is 32.1. The van der Waals surface area contributed by atoms with Crippen molar-refractivity contribution in [2.24, 2.45) is 0 Å². The highest BCUT2D eigenvalue weighted by Gasteiger charge is 2.22. The Kier molecular flexibility index (Phi) is 4.75. The predicted octanol–water partition coefficient (Wildman–Crippen LogP) is 3.97. The van der Waals surface area contributed by atoms with Crippen LogP contribution in [0.2, 0.25) is 0 Å². The Hall–Kier alpha value is -2.95. The Morgan fingerprint density at radius 3 is 2.74 bits per heavy atom. The molecule has 136 valence electrons. The molecule has 0 bridgehead atoms. The van der Waals surface area contributed by atoms with Crippen molar-refractivity contribution in [3.05, 3.63) is 63.9 Å². The van der Waals surface area contributed by atoms with Crippen LogP contribution in [0.15, 0.2) is 36.4 Å². The molecule has 2 heterocycles. The summed E-state index contributed by atoms with van der Waals surface area (Å²) in [6.45, 7) is 9.87. The molecule has 0 radical (unpaired) electrons. The van der Waals surface area contributed by atoms with Crippen molar-refractivity contribution < 1.29 is 14.6 Å². The standard InChI is InChI=1S/C20H17N3O3S/c1-21-16-5-4-14-3-2-13(10-15(14)12-16)11-17-18(19(24)25)27-20(22-17)23-6-8-26-9-7-23/h2-5,10,12H,6-9,11H2,(H,24,25). The molecule has 0 atom stereocenters. The Morgan fingerprint density at radius 2 is 2.00 bits per heavy atom. The Labute approximate surface area is 160 Å². The van der Waals surface area contributed by atoms with Crippen LogP contribution < -0.4 is 4.90 Å². The van der Waals surface area contributed by atoms with Crippen molar-refractivity contribution in [3.8, 4) is 0 Å². The third kappa shape index (κ3) is 3.63. The zero-order valence-electron chi connectivity index (χ0n) is 14.5. The van der Waals surface area contributed by atoms with E-state index in [2.05, 4.69) is 14.7 Å². The Balaban J connectivity index is 1.66. The maximum absolute atomic E-state index is 11.7. The number of ether oxygens (including phenoxy) is 1. The van der Waals surface area contributed by atoms with Crippen LogP contribution in [0.1, 0.15) is 20.9 Å². The lowest BCUT2D eigenvalue weighted by Crippen LogP contribution is -2.36. The molecular weight excluding hydrogens is 362 g/mol. The van der Waals surface area contributed by atoms with E-state index in [1.165, 1.54) is 11.3 Å². The van der Waals surface area contributed by atoms with Crippen LogP contribution in [-0.2, 0) is 11.2 Å². The first kappa shape index (κ1) is 17.5. The second kappa shape index (κ2) is 7.35. The zero-order valence-corrected chi connectivity index (χ0v) is 15.3. The fourth-order valence-electron chi connectivity index (χ4n) is 3.17. The van der Waals surface area contributed by atoms with Crippen LogP contribution in [-0.4, -0.2) is 42.4 Å². The fourth-order valence-corrected chi connectivity index (χ4v) is 4.15. The van der Waals surface area contributed by atoms with Gasteiger partial charge in [0.25, 0.3) is 0 Å². The number of rotatable bonds is 4. The number of benzene rings is 2. The van der Waals surface area contributed by atoms with Gasteiger partial charge in [-0.15, -0.1) is 0 Å². The first-order chi connectivity index (χ1) is 13.1. The van der Waals surface area contributed by atoms with Gasteiger partial charge in [-0.05, 0) is 22.4 Å². The minimum absolute atomic E-state index is 0.284. The number of nitrogens with zero attached hydrogens (tertiary/aromatic N) is 3. The average Bonchev–Trinajstić information content (AvgIpc) is 3.12. The molecule has 1 aromatic heterocycles. The van der Waals surface area contributed by atoms with Gasteiger partial charge < -0.3 is 14.7 Å². The number of aromatic carboxylic acids is 1. The molecule has 1 fully saturated rings. The maximum atomic E-state index is 11.7. The number of carboxylic acid groups (broad SMARTS) is 1. The topological polar surface area (TPSA) is 67.0 Å². The largest absolute Gasteiger partial charge is 0.477 e. The first-order valence-corrected chi connectivity index (χ1v) is 9.41. The van der Waals surface area contributed by atoms with Gasteiger partial charge in [-0.3, -0.25) is 0 Å². The molecule has 0 amide bonds. The van der Waals surface area contributed by atoms with E-state index in [1.54, 1.807) is 6.07 Å². The molecule has 1 saturated heterocycles. The summed E-state index contributed by atoms with van der Waals surface area (Å²) in [5.41, 5.74) is 2.15. The SMILES string of the molecule is [C-]#[N+]c1ccc2ccc(Cc3nc(N4CCOCC4)sc3C(=O)O)cc2c1. The van der Waals surface area contributed by atoms with Gasteiger partial charge in [-0.1, -0.05) is 41.7 Å². The van der Waals surface area contributed by atoms with E-state index in [1.807, 2.05) is 30.3 Å². The number of morpholine rings is 1. The van der Waals surface area contributed by atoms with E-state index in [9.17, 15) is 9.90 Å². The summed E-state index contributed by atoms with van der Waals surface area (Å²) in [5.74, 6) is -0.946. The van der Waals surface area contributed by atoms with Crippen molar-refractivity contribution in [2.75, 3.05) is 31.2 Å². The monoisotopic (exact) mass is 379 g/mol. The third-order valence-corrected chi connectivity index (χ3v) is 5.70. The molecule has 1 N–H and O–H groups in total. The summed E-state index contributed by atoms with van der Waals surface area (Å²) in [6, 6.07) is 11.6. The zero-order chi connectivity index (χ0) is 18.8. The lowest BCUT2D eigenvalue weighted by atomic mass is 10.0. The van der Waals surface area contributed by atoms with Crippen LogP contribution in [0.4, 0.5) is 10.8 Å². The molecule has 0 saturated carbocycles. The number of anilines is 1. The van der Waals surface area contributed by atoms with Crippen molar-refractivity contribution in [3.63, 3.8) is 0 Å². The third-order valence-electron chi connectivity index (χ3n) is 4.55. The van der Waals surface area contributed by atoms with E-state index in [0.29, 0.717) is 31.0 Å². The van der Waals surface area contributed by atoms with Gasteiger partial charge in [0.1, 0.15) is 4.88 Å². The van der Waals surface area contributed by atoms with Crippen molar-refractivity contribution in [1.82, 2.24) is 4.98 Å². The highest BCUT2D eigenvalue weighted by molar-refractivity contribution is 7.17. The molecular formula is C20H17N3O3S. The quantitative estimate of drug-likeness (QED) is 0.695. The van der Waals surface area contributed by atoms with Crippen molar-refractivity contribution in [2.45, 2.75) is 6.42 Å². The minimum Gasteiger partial charge on any atom is -0.477 e. The molecule has 27 heavy (non-hydrogen) atoms. The number of carbonyl (C=O) groups is 1. The molecule has 2 aromatic carbocycles. The smallest absolute Gasteiger partial charge is 0.347 e. The van der Waals surface area contributed by atoms with Gasteiger partial charge in [0.05, 0.1) is 25.5 Å². The van der Waals surface area contributed by atoms with E-state index < -0.39 is 5.97 Å². The molecule has 0 spiro atoms. The van der Waals surface area contributed by atoms with E-state index >= 15 is 0 Å². The van der Waals surface area contributed by atoms with Gasteiger partial charge in [0.2, 0.25) is 0 Å². The summed E-state index contributed by atoms with van der Waals surface area (Å²) in [6.07, 6.45) is 0.445. The Morgan fingerprint density at radius 1 is 1.22 bits per heavy atom. The predicted molar refractivity (Wildman–Crippen MR) is 105 cm³/mol. The van der Waals surface area contributed by atoms with Crippen molar-refractivity contribution in [1.29, 1.82) is 0 Å². The number of carboxylic acids is 1. The number of hydrogen-bond donors (Lipinski definition) is 1. The lowest BCUT2D eigenvalue weighted by molar-refractivity contribution is 0.0701. The molecule has 0 unspecified atom stereocenters. The second-order valence-electron chi connectivity index (χ2n) is 6.33. The summed E-state index contributed by atoms with van der Waals surface area (Å²) in [4.78, 5) is 22.2. The van der Waals surface area contributed by atoms with Gasteiger partial charge in [-0.25, -0.2) is 14.6 Å². The van der Waals surface area contributed by atoms with E-state index in [-0.39, 0.29) is 4.88 Å². The van der Waals surface area contributed by atoms with Crippen LogP contribution in [0.3, 0.4) is 0 Å². The van der Waals surface area contributed by atoms with Gasteiger partial charge in [0, 0.05) is 19.5 Å². The van der Waals surface area contributed by atoms with Gasteiger partial charge in [-0.2, -0.15) is 0 Å². The minimum atomic E-state index is -0.946. The molecule has 1 aliphatic rings. The molecule has 0 aliphatic carbocycles. The summed E-state index contributed by atoms with van der Waals surface area (Å²) in [5, 5.41) is 12.4. The first-order valence-electron chi connectivity index (χ1n) is 8.60. The second-order valence-corrected chi connectivity index (χ2v) is 7.31. The van der Waals surface area contributed by atoms with E-state index in [0.717, 1.165) is 34.6 Å². The normalized spacial score (nSPS) is 14.3. The number of fused-ring (bicyclic) bond motifs is 1. The molecule has 3 aromatic rings. The molecule has 4 rings (SSSR count). The number of aromatic nitrogens is 1. The summed E-state index contributed by atoms with van der Waals surface area (Å²) in [7, 11) is 0. The van der Waals surface area contributed by atoms with Gasteiger partial charge >= 0.3 is 5.97 Å². The molecule has 6 nitrogen and oxygen atoms in total. The summed E-state index contributed by atoms with van der Waals surface area (Å²) >= 11 is 1.22. The van der Waals surface area contributed by atoms with E-state index in [4.69, 9.17) is 11.3 Å². The number of thiazole rings is 1.